The summed E-state index contributed by atoms with van der Waals surface area (Å²) < 4.78 is 28.1. The molecule has 2 aliphatic heterocycles. The van der Waals surface area contributed by atoms with Crippen molar-refractivity contribution in [2.75, 3.05) is 37.8 Å². The Balaban J connectivity index is 1.93. The average Bonchev–Trinajstić information content (AvgIpc) is 2.94. The van der Waals surface area contributed by atoms with Gasteiger partial charge in [0.2, 0.25) is 5.91 Å². The van der Waals surface area contributed by atoms with E-state index in [1.807, 2.05) is 6.92 Å². The lowest BCUT2D eigenvalue weighted by Gasteiger charge is -2.26. The fourth-order valence-corrected chi connectivity index (χ4v) is 4.39. The van der Waals surface area contributed by atoms with Crippen LogP contribution in [0.3, 0.4) is 0 Å². The fraction of sp³-hybridized carbons (Fsp3) is 0.917. The molecular weight excluding hydrogens is 254 g/mol. The van der Waals surface area contributed by atoms with Crippen molar-refractivity contribution < 1.29 is 17.9 Å². The summed E-state index contributed by atoms with van der Waals surface area (Å²) in [5, 5.41) is 0. The highest BCUT2D eigenvalue weighted by molar-refractivity contribution is 7.91. The predicted octanol–water partition coefficient (Wildman–Crippen LogP) is 0.306. The van der Waals surface area contributed by atoms with E-state index in [1.165, 1.54) is 0 Å². The minimum absolute atomic E-state index is 0.00507. The fourth-order valence-electron chi connectivity index (χ4n) is 2.66. The van der Waals surface area contributed by atoms with Crippen LogP contribution in [0.5, 0.6) is 0 Å². The second kappa shape index (κ2) is 5.57. The molecule has 2 saturated heterocycles. The first-order chi connectivity index (χ1) is 8.52. The third-order valence-corrected chi connectivity index (χ3v) is 5.55. The number of rotatable bonds is 4. The molecule has 0 N–H and O–H groups in total. The highest BCUT2D eigenvalue weighted by Crippen LogP contribution is 2.22. The SMILES string of the molecule is CCN(C[C@@H]1CCOC1)C(=O)[C@H]1CCS(=O)(=O)C1. The molecule has 2 fully saturated rings. The highest BCUT2D eigenvalue weighted by Gasteiger charge is 2.35. The van der Waals surface area contributed by atoms with Crippen LogP contribution < -0.4 is 0 Å². The average molecular weight is 275 g/mol. The Labute approximate surface area is 108 Å². The lowest BCUT2D eigenvalue weighted by Crippen LogP contribution is -2.39. The monoisotopic (exact) mass is 275 g/mol. The van der Waals surface area contributed by atoms with Crippen LogP contribution in [0.1, 0.15) is 19.8 Å². The second-order valence-corrected chi connectivity index (χ2v) is 7.44. The summed E-state index contributed by atoms with van der Waals surface area (Å²) in [6, 6.07) is 0. The van der Waals surface area contributed by atoms with Crippen LogP contribution in [-0.2, 0) is 19.4 Å². The maximum Gasteiger partial charge on any atom is 0.226 e. The van der Waals surface area contributed by atoms with Gasteiger partial charge in [-0.2, -0.15) is 0 Å². The Hall–Kier alpha value is -0.620. The quantitative estimate of drug-likeness (QED) is 0.740. The van der Waals surface area contributed by atoms with Gasteiger partial charge in [-0.3, -0.25) is 4.79 Å². The van der Waals surface area contributed by atoms with Gasteiger partial charge in [0.25, 0.3) is 0 Å². The molecule has 0 aliphatic carbocycles. The normalized spacial score (nSPS) is 30.5. The van der Waals surface area contributed by atoms with Crippen molar-refractivity contribution in [2.45, 2.75) is 19.8 Å². The number of carbonyl (C=O) groups excluding carboxylic acids is 1. The van der Waals surface area contributed by atoms with Crippen molar-refractivity contribution >= 4 is 15.7 Å². The maximum atomic E-state index is 12.3. The van der Waals surface area contributed by atoms with Crippen LogP contribution in [0.15, 0.2) is 0 Å². The van der Waals surface area contributed by atoms with E-state index in [4.69, 9.17) is 4.74 Å². The van der Waals surface area contributed by atoms with Gasteiger partial charge in [-0.05, 0) is 19.8 Å². The molecule has 2 aliphatic rings. The summed E-state index contributed by atoms with van der Waals surface area (Å²) in [5.74, 6) is 0.284. The molecule has 6 heteroatoms. The topological polar surface area (TPSA) is 63.7 Å². The van der Waals surface area contributed by atoms with Gasteiger partial charge in [0.1, 0.15) is 0 Å². The Morgan fingerprint density at radius 1 is 1.39 bits per heavy atom. The summed E-state index contributed by atoms with van der Waals surface area (Å²) in [4.78, 5) is 14.1. The number of sulfone groups is 1. The summed E-state index contributed by atoms with van der Waals surface area (Å²) in [6.07, 6.45) is 1.48. The van der Waals surface area contributed by atoms with Crippen molar-refractivity contribution in [3.8, 4) is 0 Å². The molecule has 104 valence electrons. The number of amides is 1. The maximum absolute atomic E-state index is 12.3. The van der Waals surface area contributed by atoms with Crippen LogP contribution in [0.2, 0.25) is 0 Å². The number of carbonyl (C=O) groups is 1. The molecule has 0 bridgehead atoms. The molecule has 0 aromatic rings. The zero-order valence-electron chi connectivity index (χ0n) is 10.8. The Morgan fingerprint density at radius 3 is 2.67 bits per heavy atom. The van der Waals surface area contributed by atoms with E-state index in [9.17, 15) is 13.2 Å². The largest absolute Gasteiger partial charge is 0.381 e. The molecule has 0 unspecified atom stereocenters. The minimum Gasteiger partial charge on any atom is -0.381 e. The number of hydrogen-bond acceptors (Lipinski definition) is 4. The summed E-state index contributed by atoms with van der Waals surface area (Å²) in [5.41, 5.74) is 0. The zero-order valence-corrected chi connectivity index (χ0v) is 11.6. The van der Waals surface area contributed by atoms with Crippen molar-refractivity contribution in [3.63, 3.8) is 0 Å². The first kappa shape index (κ1) is 13.8. The smallest absolute Gasteiger partial charge is 0.226 e. The van der Waals surface area contributed by atoms with Gasteiger partial charge in [0, 0.05) is 25.6 Å². The van der Waals surface area contributed by atoms with Gasteiger partial charge < -0.3 is 9.64 Å². The number of hydrogen-bond donors (Lipinski definition) is 0. The van der Waals surface area contributed by atoms with E-state index < -0.39 is 9.84 Å². The summed E-state index contributed by atoms with van der Waals surface area (Å²) in [7, 11) is -2.98. The van der Waals surface area contributed by atoms with Gasteiger partial charge >= 0.3 is 0 Å². The van der Waals surface area contributed by atoms with E-state index >= 15 is 0 Å². The molecule has 0 saturated carbocycles. The molecule has 18 heavy (non-hydrogen) atoms. The summed E-state index contributed by atoms with van der Waals surface area (Å²) >= 11 is 0. The van der Waals surface area contributed by atoms with Crippen molar-refractivity contribution in [1.29, 1.82) is 0 Å². The molecule has 2 rings (SSSR count). The molecule has 0 aromatic carbocycles. The van der Waals surface area contributed by atoms with Gasteiger partial charge in [-0.25, -0.2) is 8.42 Å². The first-order valence-corrected chi connectivity index (χ1v) is 8.41. The molecule has 0 radical (unpaired) electrons. The third-order valence-electron chi connectivity index (χ3n) is 3.78. The third kappa shape index (κ3) is 3.23. The zero-order chi connectivity index (χ0) is 13.2. The van der Waals surface area contributed by atoms with Gasteiger partial charge in [0.05, 0.1) is 24.0 Å². The van der Waals surface area contributed by atoms with Gasteiger partial charge in [-0.15, -0.1) is 0 Å². The Kier molecular flexibility index (Phi) is 4.27. The first-order valence-electron chi connectivity index (χ1n) is 6.59. The minimum atomic E-state index is -2.98. The van der Waals surface area contributed by atoms with E-state index in [0.717, 1.165) is 13.0 Å². The van der Waals surface area contributed by atoms with Crippen LogP contribution in [0.25, 0.3) is 0 Å². The lowest BCUT2D eigenvalue weighted by atomic mass is 10.0. The molecule has 0 aromatic heterocycles. The molecule has 2 atom stereocenters. The van der Waals surface area contributed by atoms with Crippen molar-refractivity contribution in [3.05, 3.63) is 0 Å². The van der Waals surface area contributed by atoms with Gasteiger partial charge in [-0.1, -0.05) is 0 Å². The van der Waals surface area contributed by atoms with E-state index in [1.54, 1.807) is 4.90 Å². The number of ether oxygens (including phenoxy) is 1. The molecule has 5 nitrogen and oxygen atoms in total. The lowest BCUT2D eigenvalue weighted by molar-refractivity contribution is -0.135. The van der Waals surface area contributed by atoms with E-state index in [-0.39, 0.29) is 23.3 Å². The molecule has 2 heterocycles. The van der Waals surface area contributed by atoms with E-state index in [2.05, 4.69) is 0 Å². The van der Waals surface area contributed by atoms with Crippen LogP contribution in [-0.4, -0.2) is 57.0 Å². The van der Waals surface area contributed by atoms with Crippen LogP contribution in [0, 0.1) is 11.8 Å². The second-order valence-electron chi connectivity index (χ2n) is 5.21. The number of nitrogens with zero attached hydrogens (tertiary/aromatic N) is 1. The van der Waals surface area contributed by atoms with Gasteiger partial charge in [0.15, 0.2) is 9.84 Å². The predicted molar refractivity (Wildman–Crippen MR) is 67.9 cm³/mol. The van der Waals surface area contributed by atoms with Crippen LogP contribution in [0.4, 0.5) is 0 Å². The Morgan fingerprint density at radius 2 is 2.17 bits per heavy atom. The summed E-state index contributed by atoms with van der Waals surface area (Å²) in [6.45, 7) is 4.77. The van der Waals surface area contributed by atoms with Crippen molar-refractivity contribution in [2.24, 2.45) is 11.8 Å². The standard InChI is InChI=1S/C12H21NO4S/c1-2-13(7-10-3-5-17-8-10)12(14)11-4-6-18(15,16)9-11/h10-11H,2-9H2,1H3/t10-,11-/m0/s1. The Bertz CT molecular complexity index is 400. The van der Waals surface area contributed by atoms with E-state index in [0.29, 0.717) is 32.0 Å². The van der Waals surface area contributed by atoms with Crippen molar-refractivity contribution in [1.82, 2.24) is 4.90 Å². The molecule has 1 amide bonds. The van der Waals surface area contributed by atoms with Crippen LogP contribution >= 0.6 is 0 Å². The highest BCUT2D eigenvalue weighted by atomic mass is 32.2. The molecular formula is C12H21NO4S. The molecule has 0 spiro atoms.